The highest BCUT2D eigenvalue weighted by Crippen LogP contribution is 2.33. The zero-order valence-corrected chi connectivity index (χ0v) is 18.2. The Labute approximate surface area is 190 Å². The van der Waals surface area contributed by atoms with Gasteiger partial charge in [0.05, 0.1) is 12.7 Å². The number of nitrogens with zero attached hydrogens (tertiary/aromatic N) is 2. The molecule has 168 valence electrons. The fourth-order valence-electron chi connectivity index (χ4n) is 3.80. The zero-order valence-electron chi connectivity index (χ0n) is 18.2. The summed E-state index contributed by atoms with van der Waals surface area (Å²) in [5.74, 6) is 0.578. The van der Waals surface area contributed by atoms with E-state index in [0.29, 0.717) is 23.7 Å². The third kappa shape index (κ3) is 4.13. The van der Waals surface area contributed by atoms with Gasteiger partial charge in [0.1, 0.15) is 24.0 Å². The number of aryl methyl sites for hydroxylation is 1. The molecule has 33 heavy (non-hydrogen) atoms. The van der Waals surface area contributed by atoms with E-state index in [9.17, 15) is 20.0 Å². The number of rotatable bonds is 6. The Balaban J connectivity index is 1.67. The molecule has 1 N–H and O–H groups in total. The molecule has 0 spiro atoms. The van der Waals surface area contributed by atoms with Crippen LogP contribution < -0.4 is 19.8 Å². The molecule has 1 aliphatic heterocycles. The maximum Gasteiger partial charge on any atom is 0.271 e. The van der Waals surface area contributed by atoms with Crippen LogP contribution in [0.2, 0.25) is 0 Å². The molecule has 8 nitrogen and oxygen atoms in total. The fourth-order valence-corrected chi connectivity index (χ4v) is 3.80. The van der Waals surface area contributed by atoms with E-state index in [1.807, 2.05) is 18.2 Å². The summed E-state index contributed by atoms with van der Waals surface area (Å²) >= 11 is 0. The standard InChI is InChI=1S/C25H22N2O6/c1-15-18(13-26)24(29)27(12-11-16-7-9-17(31-2)10-8-16)25(30)22(15)23(28)21-14-32-19-5-3-4-6-20(19)33-21/h3-10,21,30H,11-12,14H2,1-2H3. The predicted octanol–water partition coefficient (Wildman–Crippen LogP) is 3.01. The summed E-state index contributed by atoms with van der Waals surface area (Å²) in [5.41, 5.74) is 0.0587. The summed E-state index contributed by atoms with van der Waals surface area (Å²) in [6.45, 7) is 1.50. The van der Waals surface area contributed by atoms with Crippen molar-refractivity contribution in [1.29, 1.82) is 5.26 Å². The van der Waals surface area contributed by atoms with Gasteiger partial charge in [-0.25, -0.2) is 0 Å². The van der Waals surface area contributed by atoms with Gasteiger partial charge in [-0.1, -0.05) is 24.3 Å². The molecule has 4 rings (SSSR count). The molecule has 0 saturated carbocycles. The highest BCUT2D eigenvalue weighted by Gasteiger charge is 2.33. The van der Waals surface area contributed by atoms with Gasteiger partial charge in [-0.05, 0) is 48.7 Å². The average Bonchev–Trinajstić information content (AvgIpc) is 2.84. The number of aromatic nitrogens is 1. The van der Waals surface area contributed by atoms with Gasteiger partial charge in [0, 0.05) is 6.54 Å². The molecule has 2 aromatic carbocycles. The number of methoxy groups -OCH3 is 1. The Kier molecular flexibility index (Phi) is 6.05. The van der Waals surface area contributed by atoms with E-state index in [-0.39, 0.29) is 29.8 Å². The number of carbonyl (C=O) groups excluding carboxylic acids is 1. The molecule has 1 aromatic heterocycles. The van der Waals surface area contributed by atoms with Gasteiger partial charge in [-0.3, -0.25) is 14.2 Å². The highest BCUT2D eigenvalue weighted by atomic mass is 16.6. The summed E-state index contributed by atoms with van der Waals surface area (Å²) in [6.07, 6.45) is -0.626. The van der Waals surface area contributed by atoms with Crippen molar-refractivity contribution in [2.45, 2.75) is 26.0 Å². The molecule has 0 saturated heterocycles. The monoisotopic (exact) mass is 446 g/mol. The van der Waals surface area contributed by atoms with Gasteiger partial charge in [0.2, 0.25) is 11.7 Å². The molecular formula is C25H22N2O6. The van der Waals surface area contributed by atoms with E-state index in [1.54, 1.807) is 43.5 Å². The molecule has 8 heteroatoms. The van der Waals surface area contributed by atoms with Crippen LogP contribution in [0.25, 0.3) is 0 Å². The number of para-hydroxylation sites is 2. The first-order chi connectivity index (χ1) is 15.9. The van der Waals surface area contributed by atoms with Crippen LogP contribution in [0.5, 0.6) is 23.1 Å². The van der Waals surface area contributed by atoms with E-state index in [1.165, 1.54) is 6.92 Å². The van der Waals surface area contributed by atoms with Crippen LogP contribution in [-0.2, 0) is 13.0 Å². The van der Waals surface area contributed by atoms with E-state index < -0.39 is 23.3 Å². The lowest BCUT2D eigenvalue weighted by Crippen LogP contribution is -2.38. The normalized spacial score (nSPS) is 14.4. The van der Waals surface area contributed by atoms with Crippen molar-refractivity contribution in [3.8, 4) is 29.2 Å². The van der Waals surface area contributed by atoms with Gasteiger partial charge in [-0.15, -0.1) is 0 Å². The van der Waals surface area contributed by atoms with Gasteiger partial charge in [0.25, 0.3) is 5.56 Å². The van der Waals surface area contributed by atoms with Crippen molar-refractivity contribution in [3.63, 3.8) is 0 Å². The largest absolute Gasteiger partial charge is 0.497 e. The lowest BCUT2D eigenvalue weighted by Gasteiger charge is -2.26. The lowest BCUT2D eigenvalue weighted by molar-refractivity contribution is 0.0581. The SMILES string of the molecule is COc1ccc(CCn2c(O)c(C(=O)C3COc4ccccc4O3)c(C)c(C#N)c2=O)cc1. The van der Waals surface area contributed by atoms with Crippen LogP contribution in [-0.4, -0.2) is 35.3 Å². The van der Waals surface area contributed by atoms with E-state index in [2.05, 4.69) is 0 Å². The van der Waals surface area contributed by atoms with Gasteiger partial charge in [-0.2, -0.15) is 5.26 Å². The molecule has 1 unspecified atom stereocenters. The number of nitriles is 1. The Morgan fingerprint density at radius 1 is 1.21 bits per heavy atom. The molecule has 0 amide bonds. The van der Waals surface area contributed by atoms with Crippen molar-refractivity contribution >= 4 is 5.78 Å². The smallest absolute Gasteiger partial charge is 0.271 e. The van der Waals surface area contributed by atoms with Crippen LogP contribution in [0, 0.1) is 18.3 Å². The first-order valence-electron chi connectivity index (χ1n) is 10.4. The third-order valence-corrected chi connectivity index (χ3v) is 5.63. The minimum Gasteiger partial charge on any atom is -0.497 e. The second kappa shape index (κ2) is 9.09. The van der Waals surface area contributed by atoms with Crippen LogP contribution in [0.15, 0.2) is 53.3 Å². The van der Waals surface area contributed by atoms with Gasteiger partial charge < -0.3 is 19.3 Å². The summed E-state index contributed by atoms with van der Waals surface area (Å²) in [5, 5.41) is 20.5. The number of pyridine rings is 1. The van der Waals surface area contributed by atoms with Crippen molar-refractivity contribution in [2.75, 3.05) is 13.7 Å². The van der Waals surface area contributed by atoms with Gasteiger partial charge >= 0.3 is 0 Å². The minimum absolute atomic E-state index is 0.0540. The van der Waals surface area contributed by atoms with Crippen molar-refractivity contribution < 1.29 is 24.1 Å². The topological polar surface area (TPSA) is 111 Å². The number of benzene rings is 2. The first kappa shape index (κ1) is 22.0. The van der Waals surface area contributed by atoms with Crippen molar-refractivity contribution in [3.05, 3.63) is 81.1 Å². The number of carbonyl (C=O) groups is 1. The van der Waals surface area contributed by atoms with E-state index >= 15 is 0 Å². The summed E-state index contributed by atoms with van der Waals surface area (Å²) in [7, 11) is 1.57. The Hall–Kier alpha value is -4.25. The molecule has 0 bridgehead atoms. The molecule has 3 aromatic rings. The fraction of sp³-hybridized carbons (Fsp3) is 0.240. The number of aromatic hydroxyl groups is 1. The average molecular weight is 446 g/mol. The molecule has 0 aliphatic carbocycles. The number of hydrogen-bond donors (Lipinski definition) is 1. The maximum absolute atomic E-state index is 13.3. The molecule has 1 atom stereocenters. The van der Waals surface area contributed by atoms with Crippen LogP contribution >= 0.6 is 0 Å². The summed E-state index contributed by atoms with van der Waals surface area (Å²) in [6, 6.07) is 16.1. The van der Waals surface area contributed by atoms with E-state index in [4.69, 9.17) is 14.2 Å². The number of ketones is 1. The number of fused-ring (bicyclic) bond motifs is 1. The number of hydrogen-bond acceptors (Lipinski definition) is 7. The maximum atomic E-state index is 13.3. The van der Waals surface area contributed by atoms with Crippen LogP contribution in [0.3, 0.4) is 0 Å². The zero-order chi connectivity index (χ0) is 23.5. The summed E-state index contributed by atoms with van der Waals surface area (Å²) in [4.78, 5) is 26.2. The predicted molar refractivity (Wildman–Crippen MR) is 119 cm³/mol. The Morgan fingerprint density at radius 2 is 1.91 bits per heavy atom. The molecule has 2 heterocycles. The van der Waals surface area contributed by atoms with Crippen molar-refractivity contribution in [2.24, 2.45) is 0 Å². The molecular weight excluding hydrogens is 424 g/mol. The molecule has 0 fully saturated rings. The Morgan fingerprint density at radius 3 is 2.58 bits per heavy atom. The highest BCUT2D eigenvalue weighted by molar-refractivity contribution is 6.03. The lowest BCUT2D eigenvalue weighted by atomic mass is 9.98. The molecule has 1 aliphatic rings. The van der Waals surface area contributed by atoms with E-state index in [0.717, 1.165) is 10.1 Å². The first-order valence-corrected chi connectivity index (χ1v) is 10.4. The minimum atomic E-state index is -1.02. The molecule has 0 radical (unpaired) electrons. The van der Waals surface area contributed by atoms with Gasteiger partial charge in [0.15, 0.2) is 17.6 Å². The van der Waals surface area contributed by atoms with Crippen LogP contribution in [0.4, 0.5) is 0 Å². The van der Waals surface area contributed by atoms with Crippen LogP contribution in [0.1, 0.15) is 27.0 Å². The Bertz CT molecular complexity index is 1300. The third-order valence-electron chi connectivity index (χ3n) is 5.63. The second-order valence-corrected chi connectivity index (χ2v) is 7.59. The van der Waals surface area contributed by atoms with Crippen molar-refractivity contribution in [1.82, 2.24) is 4.57 Å². The second-order valence-electron chi connectivity index (χ2n) is 7.59. The number of ether oxygens (including phenoxy) is 3. The number of Topliss-reactive ketones (excluding diaryl/α,β-unsaturated/α-hetero) is 1. The quantitative estimate of drug-likeness (QED) is 0.580. The summed E-state index contributed by atoms with van der Waals surface area (Å²) < 4.78 is 17.6.